The molecule has 3 aromatic heterocycles. The lowest BCUT2D eigenvalue weighted by Gasteiger charge is -2.09. The Morgan fingerprint density at radius 2 is 2.04 bits per heavy atom. The van der Waals surface area contributed by atoms with Crippen molar-refractivity contribution in [3.63, 3.8) is 0 Å². The number of aldehydes is 1. The number of carboxylic acids is 1. The van der Waals surface area contributed by atoms with Gasteiger partial charge in [-0.2, -0.15) is 0 Å². The molecule has 0 aliphatic rings. The Balaban J connectivity index is 2.03. The Hall–Kier alpha value is -3.68. The van der Waals surface area contributed by atoms with Gasteiger partial charge in [-0.1, -0.05) is 0 Å². The number of carbonyl (C=O) groups is 2. The lowest BCUT2D eigenvalue weighted by molar-refractivity contribution is 0.0696. The molecule has 28 heavy (non-hydrogen) atoms. The van der Waals surface area contributed by atoms with Crippen LogP contribution in [0.2, 0.25) is 0 Å². The van der Waals surface area contributed by atoms with E-state index in [0.717, 1.165) is 17.4 Å². The smallest absolute Gasteiger partial charge is 0.335 e. The second-order valence-electron chi connectivity index (χ2n) is 6.39. The van der Waals surface area contributed by atoms with Crippen molar-refractivity contribution in [2.45, 2.75) is 13.5 Å². The standard InChI is InChI=1S/C20H18N4O4/c1-4-24-15(8-11-5-6-13(10-25)21-18(11)24)19-22-14-7-12(20(26)27)9-16(28-3)17(14)23(19)2/h5-10H,4H2,1-3H3,(H,26,27). The van der Waals surface area contributed by atoms with Crippen molar-refractivity contribution in [2.75, 3.05) is 7.11 Å². The number of fused-ring (bicyclic) bond motifs is 2. The van der Waals surface area contributed by atoms with Gasteiger partial charge in [0.05, 0.1) is 23.9 Å². The highest BCUT2D eigenvalue weighted by atomic mass is 16.5. The zero-order valence-corrected chi connectivity index (χ0v) is 15.6. The van der Waals surface area contributed by atoms with Crippen LogP contribution in [0.3, 0.4) is 0 Å². The second-order valence-corrected chi connectivity index (χ2v) is 6.39. The quantitative estimate of drug-likeness (QED) is 0.536. The number of ether oxygens (including phenoxy) is 1. The van der Waals surface area contributed by atoms with Crippen LogP contribution in [-0.4, -0.2) is 43.6 Å². The Labute approximate surface area is 160 Å². The SMILES string of the molecule is CCn1c(-c2nc3cc(C(=O)O)cc(OC)c3n2C)cc2ccc(C=O)nc21. The van der Waals surface area contributed by atoms with E-state index in [1.807, 2.05) is 35.2 Å². The molecule has 0 fully saturated rings. The van der Waals surface area contributed by atoms with Crippen LogP contribution < -0.4 is 4.74 Å². The van der Waals surface area contributed by atoms with E-state index in [2.05, 4.69) is 9.97 Å². The van der Waals surface area contributed by atoms with Crippen molar-refractivity contribution in [1.82, 2.24) is 19.1 Å². The summed E-state index contributed by atoms with van der Waals surface area (Å²) in [4.78, 5) is 31.6. The van der Waals surface area contributed by atoms with Crippen molar-refractivity contribution >= 4 is 34.3 Å². The van der Waals surface area contributed by atoms with E-state index in [4.69, 9.17) is 4.74 Å². The van der Waals surface area contributed by atoms with E-state index in [0.29, 0.717) is 40.5 Å². The topological polar surface area (TPSA) is 99.2 Å². The molecule has 1 N–H and O–H groups in total. The van der Waals surface area contributed by atoms with Crippen molar-refractivity contribution in [2.24, 2.45) is 7.05 Å². The van der Waals surface area contributed by atoms with E-state index in [1.165, 1.54) is 19.2 Å². The summed E-state index contributed by atoms with van der Waals surface area (Å²) in [5, 5.41) is 10.2. The molecule has 0 aliphatic carbocycles. The monoisotopic (exact) mass is 378 g/mol. The Morgan fingerprint density at radius 1 is 1.25 bits per heavy atom. The predicted octanol–water partition coefficient (Wildman–Crippen LogP) is 3.13. The van der Waals surface area contributed by atoms with E-state index >= 15 is 0 Å². The predicted molar refractivity (Wildman–Crippen MR) is 104 cm³/mol. The number of aromatic carboxylic acids is 1. The van der Waals surface area contributed by atoms with Crippen LogP contribution in [0.25, 0.3) is 33.6 Å². The minimum absolute atomic E-state index is 0.113. The van der Waals surface area contributed by atoms with Crippen LogP contribution in [0, 0.1) is 0 Å². The summed E-state index contributed by atoms with van der Waals surface area (Å²) < 4.78 is 9.27. The number of pyridine rings is 1. The number of hydrogen-bond donors (Lipinski definition) is 1. The van der Waals surface area contributed by atoms with Crippen molar-refractivity contribution < 1.29 is 19.4 Å². The van der Waals surface area contributed by atoms with Gasteiger partial charge < -0.3 is 19.0 Å². The first-order chi connectivity index (χ1) is 13.5. The molecule has 4 rings (SSSR count). The minimum atomic E-state index is -1.04. The van der Waals surface area contributed by atoms with Gasteiger partial charge in [-0.3, -0.25) is 4.79 Å². The summed E-state index contributed by atoms with van der Waals surface area (Å²) in [5.74, 6) is 0.0562. The lowest BCUT2D eigenvalue weighted by atomic mass is 10.2. The fourth-order valence-electron chi connectivity index (χ4n) is 3.53. The van der Waals surface area contributed by atoms with Crippen molar-refractivity contribution in [3.8, 4) is 17.3 Å². The molecule has 0 aliphatic heterocycles. The van der Waals surface area contributed by atoms with Gasteiger partial charge in [0.1, 0.15) is 22.6 Å². The molecule has 0 unspecified atom stereocenters. The Bertz CT molecular complexity index is 1250. The molecule has 0 bridgehead atoms. The number of imidazole rings is 1. The van der Waals surface area contributed by atoms with Crippen LogP contribution >= 0.6 is 0 Å². The van der Waals surface area contributed by atoms with Crippen LogP contribution in [0.1, 0.15) is 27.8 Å². The highest BCUT2D eigenvalue weighted by Gasteiger charge is 2.20. The van der Waals surface area contributed by atoms with Gasteiger partial charge in [0.2, 0.25) is 0 Å². The lowest BCUT2D eigenvalue weighted by Crippen LogP contribution is -2.03. The molecule has 142 valence electrons. The molecule has 0 spiro atoms. The van der Waals surface area contributed by atoms with Crippen LogP contribution in [0.5, 0.6) is 5.75 Å². The Kier molecular flexibility index (Phi) is 4.11. The fraction of sp³-hybridized carbons (Fsp3) is 0.200. The zero-order valence-electron chi connectivity index (χ0n) is 15.6. The van der Waals surface area contributed by atoms with Crippen molar-refractivity contribution in [3.05, 3.63) is 41.6 Å². The van der Waals surface area contributed by atoms with Gasteiger partial charge in [0, 0.05) is 19.0 Å². The molecule has 8 heteroatoms. The molecule has 0 atom stereocenters. The fourth-order valence-corrected chi connectivity index (χ4v) is 3.53. The highest BCUT2D eigenvalue weighted by molar-refractivity contribution is 5.96. The summed E-state index contributed by atoms with van der Waals surface area (Å²) in [7, 11) is 3.36. The molecular weight excluding hydrogens is 360 g/mol. The first-order valence-corrected chi connectivity index (χ1v) is 8.72. The Morgan fingerprint density at radius 3 is 2.68 bits per heavy atom. The summed E-state index contributed by atoms with van der Waals surface area (Å²) in [5.41, 5.74) is 3.24. The number of carbonyl (C=O) groups excluding carboxylic acids is 1. The number of nitrogens with zero attached hydrogens (tertiary/aromatic N) is 4. The molecule has 0 amide bonds. The molecule has 3 heterocycles. The number of carboxylic acid groups (broad SMARTS) is 1. The summed E-state index contributed by atoms with van der Waals surface area (Å²) in [6.45, 7) is 2.62. The summed E-state index contributed by atoms with van der Waals surface area (Å²) in [6.07, 6.45) is 0.722. The summed E-state index contributed by atoms with van der Waals surface area (Å²) >= 11 is 0. The van der Waals surface area contributed by atoms with Gasteiger partial charge in [0.25, 0.3) is 0 Å². The number of rotatable bonds is 5. The molecule has 0 radical (unpaired) electrons. The highest BCUT2D eigenvalue weighted by Crippen LogP contribution is 2.33. The van der Waals surface area contributed by atoms with Gasteiger partial charge in [-0.05, 0) is 37.3 Å². The van der Waals surface area contributed by atoms with Crippen LogP contribution in [0.15, 0.2) is 30.3 Å². The van der Waals surface area contributed by atoms with Crippen molar-refractivity contribution in [1.29, 1.82) is 0 Å². The normalized spacial score (nSPS) is 11.2. The third-order valence-electron chi connectivity index (χ3n) is 4.83. The zero-order chi connectivity index (χ0) is 20.0. The van der Waals surface area contributed by atoms with E-state index in [-0.39, 0.29) is 5.56 Å². The molecule has 8 nitrogen and oxygen atoms in total. The van der Waals surface area contributed by atoms with Gasteiger partial charge in [-0.15, -0.1) is 0 Å². The third kappa shape index (κ3) is 2.53. The number of methoxy groups -OCH3 is 1. The van der Waals surface area contributed by atoms with Crippen LogP contribution in [-0.2, 0) is 13.6 Å². The summed E-state index contributed by atoms with van der Waals surface area (Å²) in [6, 6.07) is 8.52. The number of hydrogen-bond acceptors (Lipinski definition) is 5. The minimum Gasteiger partial charge on any atom is -0.494 e. The van der Waals surface area contributed by atoms with Gasteiger partial charge in [-0.25, -0.2) is 14.8 Å². The molecule has 0 saturated carbocycles. The van der Waals surface area contributed by atoms with E-state index < -0.39 is 5.97 Å². The number of aryl methyl sites for hydroxylation is 2. The molecule has 0 saturated heterocycles. The maximum atomic E-state index is 11.4. The third-order valence-corrected chi connectivity index (χ3v) is 4.83. The maximum Gasteiger partial charge on any atom is 0.335 e. The average Bonchev–Trinajstić information content (AvgIpc) is 3.23. The van der Waals surface area contributed by atoms with E-state index in [9.17, 15) is 14.7 Å². The number of aromatic nitrogens is 4. The first kappa shape index (κ1) is 17.7. The second kappa shape index (κ2) is 6.49. The van der Waals surface area contributed by atoms with Crippen LogP contribution in [0.4, 0.5) is 0 Å². The van der Waals surface area contributed by atoms with Gasteiger partial charge in [0.15, 0.2) is 12.1 Å². The average molecular weight is 378 g/mol. The number of benzene rings is 1. The van der Waals surface area contributed by atoms with Gasteiger partial charge >= 0.3 is 5.97 Å². The van der Waals surface area contributed by atoms with E-state index in [1.54, 1.807) is 6.07 Å². The largest absolute Gasteiger partial charge is 0.494 e. The first-order valence-electron chi connectivity index (χ1n) is 8.72. The molecule has 4 aromatic rings. The molecular formula is C20H18N4O4. The molecule has 1 aromatic carbocycles. The maximum absolute atomic E-state index is 11.4.